The van der Waals surface area contributed by atoms with Crippen LogP contribution in [0.4, 0.5) is 11.5 Å². The Bertz CT molecular complexity index is 1190. The molecule has 0 radical (unpaired) electrons. The van der Waals surface area contributed by atoms with Crippen LogP contribution in [0.25, 0.3) is 22.2 Å². The van der Waals surface area contributed by atoms with E-state index in [4.69, 9.17) is 25.5 Å². The fraction of sp³-hybridized carbons (Fsp3) is 0.217. The van der Waals surface area contributed by atoms with Crippen molar-refractivity contribution in [3.63, 3.8) is 0 Å². The minimum atomic E-state index is 0. The maximum atomic E-state index is 9.65. The molecule has 6 nitrogen and oxygen atoms in total. The Hall–Kier alpha value is -3.14. The largest absolute Gasteiger partial charge is 0.493 e. The van der Waals surface area contributed by atoms with Gasteiger partial charge in [0, 0.05) is 22.9 Å². The highest BCUT2D eigenvalue weighted by atomic mass is 35.5. The molecule has 0 saturated heterocycles. The molecular formula is C23H21Cl2N3O3. The number of anilines is 2. The molecule has 0 atom stereocenters. The van der Waals surface area contributed by atoms with Crippen LogP contribution in [0.15, 0.2) is 53.1 Å². The van der Waals surface area contributed by atoms with E-state index in [0.717, 1.165) is 29.5 Å². The number of fused-ring (bicyclic) bond motifs is 2. The van der Waals surface area contributed by atoms with Crippen molar-refractivity contribution >= 4 is 46.4 Å². The number of nitrogens with zero attached hydrogens (tertiary/aromatic N) is 2. The van der Waals surface area contributed by atoms with Crippen LogP contribution in [0.5, 0.6) is 11.5 Å². The third-order valence-electron chi connectivity index (χ3n) is 4.74. The number of alkyl halides is 1. The number of hydrogen-bond donors (Lipinski definition) is 1. The minimum Gasteiger partial charge on any atom is -0.493 e. The topological polar surface area (TPSA) is 80.3 Å². The van der Waals surface area contributed by atoms with Crippen molar-refractivity contribution in [2.75, 3.05) is 24.9 Å². The van der Waals surface area contributed by atoms with Gasteiger partial charge < -0.3 is 19.2 Å². The van der Waals surface area contributed by atoms with Crippen LogP contribution in [0.3, 0.4) is 0 Å². The molecule has 0 saturated carbocycles. The van der Waals surface area contributed by atoms with Crippen molar-refractivity contribution in [3.8, 4) is 28.9 Å². The average Bonchev–Trinajstić information content (AvgIpc) is 3.18. The first-order valence-electron chi connectivity index (χ1n) is 9.58. The molecule has 2 aromatic rings. The zero-order valence-electron chi connectivity index (χ0n) is 16.9. The van der Waals surface area contributed by atoms with E-state index in [-0.39, 0.29) is 12.4 Å². The normalized spacial score (nSPS) is 10.5. The Kier molecular flexibility index (Phi) is 7.45. The Morgan fingerprint density at radius 1 is 1.16 bits per heavy atom. The van der Waals surface area contributed by atoms with Gasteiger partial charge in [-0.1, -0.05) is 0 Å². The highest BCUT2D eigenvalue weighted by molar-refractivity contribution is 6.17. The molecule has 1 aromatic carbocycles. The second kappa shape index (κ2) is 10.3. The summed E-state index contributed by atoms with van der Waals surface area (Å²) >= 11 is 5.73. The number of aromatic nitrogens is 1. The van der Waals surface area contributed by atoms with Crippen LogP contribution < -0.4 is 14.8 Å². The van der Waals surface area contributed by atoms with Crippen molar-refractivity contribution in [2.24, 2.45) is 0 Å². The summed E-state index contributed by atoms with van der Waals surface area (Å²) in [6.07, 6.45) is 3.35. The van der Waals surface area contributed by atoms with Crippen LogP contribution >= 0.6 is 24.0 Å². The van der Waals surface area contributed by atoms with E-state index in [1.807, 2.05) is 36.4 Å². The lowest BCUT2D eigenvalue weighted by Crippen LogP contribution is -2.01. The maximum absolute atomic E-state index is 9.65. The van der Waals surface area contributed by atoms with E-state index in [0.29, 0.717) is 46.6 Å². The molecule has 4 rings (SSSR count). The van der Waals surface area contributed by atoms with Gasteiger partial charge in [0.2, 0.25) is 0 Å². The molecule has 1 aromatic heterocycles. The Balaban J connectivity index is 0.00000272. The molecule has 0 spiro atoms. The predicted molar refractivity (Wildman–Crippen MR) is 124 cm³/mol. The molecule has 1 N–H and O–H groups in total. The fourth-order valence-electron chi connectivity index (χ4n) is 3.23. The smallest absolute Gasteiger partial charge is 0.163 e. The molecule has 8 heteroatoms. The number of nitrogens with one attached hydrogen (secondary N) is 1. The van der Waals surface area contributed by atoms with Crippen molar-refractivity contribution in [2.45, 2.75) is 12.8 Å². The fourth-order valence-corrected chi connectivity index (χ4v) is 3.42. The number of benzene rings is 1. The number of pyridine rings is 1. The van der Waals surface area contributed by atoms with Crippen molar-refractivity contribution in [3.05, 3.63) is 54.3 Å². The third-order valence-corrected chi connectivity index (χ3v) is 5.00. The van der Waals surface area contributed by atoms with Crippen molar-refractivity contribution < 1.29 is 13.9 Å². The quantitative estimate of drug-likeness (QED) is 0.244. The molecule has 2 aliphatic rings. The zero-order valence-corrected chi connectivity index (χ0v) is 18.4. The summed E-state index contributed by atoms with van der Waals surface area (Å²) in [6.45, 7) is 0.539. The third kappa shape index (κ3) is 4.79. The van der Waals surface area contributed by atoms with E-state index >= 15 is 0 Å². The van der Waals surface area contributed by atoms with Gasteiger partial charge in [0.25, 0.3) is 0 Å². The van der Waals surface area contributed by atoms with E-state index in [9.17, 15) is 5.26 Å². The SMILES string of the molecule is COc1cc2cc(C#N)c(Nc3ccc4cccoc3-4)nc2cc1OCCCCCl.Cl. The summed E-state index contributed by atoms with van der Waals surface area (Å²) in [5.41, 5.74) is 2.83. The maximum Gasteiger partial charge on any atom is 0.163 e. The van der Waals surface area contributed by atoms with Crippen LogP contribution in [-0.4, -0.2) is 24.6 Å². The summed E-state index contributed by atoms with van der Waals surface area (Å²) in [6, 6.07) is 15.3. The molecule has 1 aliphatic heterocycles. The van der Waals surface area contributed by atoms with Crippen LogP contribution in [0.1, 0.15) is 18.4 Å². The first-order valence-corrected chi connectivity index (χ1v) is 10.1. The van der Waals surface area contributed by atoms with E-state index in [1.165, 1.54) is 0 Å². The number of rotatable bonds is 8. The Morgan fingerprint density at radius 3 is 2.81 bits per heavy atom. The van der Waals surface area contributed by atoms with Gasteiger partial charge in [0.05, 0.1) is 36.7 Å². The second-order valence-corrected chi connectivity index (χ2v) is 7.08. The number of halogens is 2. The summed E-state index contributed by atoms with van der Waals surface area (Å²) in [7, 11) is 1.59. The van der Waals surface area contributed by atoms with E-state index < -0.39 is 0 Å². The number of hydrogen-bond acceptors (Lipinski definition) is 6. The molecule has 0 amide bonds. The van der Waals surface area contributed by atoms with E-state index in [1.54, 1.807) is 19.4 Å². The lowest BCUT2D eigenvalue weighted by atomic mass is 10.1. The molecule has 2 heterocycles. The van der Waals surface area contributed by atoms with Crippen LogP contribution in [0, 0.1) is 11.3 Å². The minimum absolute atomic E-state index is 0. The van der Waals surface area contributed by atoms with Gasteiger partial charge in [0.1, 0.15) is 11.9 Å². The highest BCUT2D eigenvalue weighted by Crippen LogP contribution is 2.36. The van der Waals surface area contributed by atoms with Gasteiger partial charge >= 0.3 is 0 Å². The van der Waals surface area contributed by atoms with Crippen molar-refractivity contribution in [1.29, 1.82) is 5.26 Å². The van der Waals surface area contributed by atoms with Gasteiger partial charge in [-0.15, -0.1) is 24.0 Å². The molecule has 31 heavy (non-hydrogen) atoms. The average molecular weight is 458 g/mol. The lowest BCUT2D eigenvalue weighted by molar-refractivity contribution is 0.289. The number of methoxy groups -OCH3 is 1. The predicted octanol–water partition coefficient (Wildman–Crippen LogP) is 6.38. The molecular weight excluding hydrogens is 437 g/mol. The van der Waals surface area contributed by atoms with Gasteiger partial charge in [-0.3, -0.25) is 0 Å². The lowest BCUT2D eigenvalue weighted by Gasteiger charge is -2.13. The summed E-state index contributed by atoms with van der Waals surface area (Å²) in [4.78, 5) is 4.68. The highest BCUT2D eigenvalue weighted by Gasteiger charge is 2.16. The summed E-state index contributed by atoms with van der Waals surface area (Å²) < 4.78 is 16.9. The molecule has 1 aliphatic carbocycles. The monoisotopic (exact) mass is 457 g/mol. The van der Waals surface area contributed by atoms with Gasteiger partial charge in [-0.2, -0.15) is 5.26 Å². The molecule has 160 valence electrons. The van der Waals surface area contributed by atoms with Crippen LogP contribution in [-0.2, 0) is 0 Å². The molecule has 0 bridgehead atoms. The standard InChI is InChI=1S/C23H20ClN3O3.ClH/c1-28-20-12-16-11-17(14-25)23(26-18-7-6-15-5-4-10-30-22(15)18)27-19(16)13-21(20)29-9-3-2-8-24;/h4-7,10-13H,2-3,8-9H2,1H3,(H,26,27);1H. The Labute approximate surface area is 191 Å². The first kappa shape index (κ1) is 22.5. The van der Waals surface area contributed by atoms with Gasteiger partial charge in [-0.25, -0.2) is 4.98 Å². The second-order valence-electron chi connectivity index (χ2n) is 6.71. The van der Waals surface area contributed by atoms with E-state index in [2.05, 4.69) is 16.4 Å². The van der Waals surface area contributed by atoms with Crippen LogP contribution in [0.2, 0.25) is 0 Å². The molecule has 0 unspecified atom stereocenters. The van der Waals surface area contributed by atoms with Gasteiger partial charge in [0.15, 0.2) is 17.3 Å². The Morgan fingerprint density at radius 2 is 2.03 bits per heavy atom. The van der Waals surface area contributed by atoms with Crippen molar-refractivity contribution in [1.82, 2.24) is 4.98 Å². The first-order chi connectivity index (χ1) is 14.7. The number of ether oxygens (including phenoxy) is 2. The number of nitriles is 1. The zero-order chi connectivity index (χ0) is 20.9. The summed E-state index contributed by atoms with van der Waals surface area (Å²) in [5.74, 6) is 2.97. The summed E-state index contributed by atoms with van der Waals surface area (Å²) in [5, 5.41) is 13.7. The molecule has 0 fully saturated rings. The number of unbranched alkanes of at least 4 members (excludes halogenated alkanes) is 1. The van der Waals surface area contributed by atoms with Gasteiger partial charge in [-0.05, 0) is 49.2 Å².